The van der Waals surface area contributed by atoms with Crippen LogP contribution in [0.4, 0.5) is 5.69 Å². The molecule has 2 amide bonds. The van der Waals surface area contributed by atoms with Gasteiger partial charge in [0.1, 0.15) is 11.5 Å². The Morgan fingerprint density at radius 2 is 1.72 bits per heavy atom. The Labute approximate surface area is 147 Å². The Balaban J connectivity index is 2.00. The second kappa shape index (κ2) is 9.27. The molecule has 0 saturated carbocycles. The standard InChI is InChI=1S/C20H22N2O3/c1-3-14-21-20(24)13-15-22(16(2)23)17-9-11-19(12-10-17)25-18-7-5-4-6-8-18/h3-12H,1,13-15H2,2H3,(H,21,24). The summed E-state index contributed by atoms with van der Waals surface area (Å²) in [5.74, 6) is 1.20. The molecule has 0 aliphatic heterocycles. The van der Waals surface area contributed by atoms with Crippen molar-refractivity contribution in [3.63, 3.8) is 0 Å². The van der Waals surface area contributed by atoms with Crippen LogP contribution in [0.2, 0.25) is 0 Å². The summed E-state index contributed by atoms with van der Waals surface area (Å²) in [6.07, 6.45) is 1.85. The van der Waals surface area contributed by atoms with Crippen molar-refractivity contribution in [2.75, 3.05) is 18.0 Å². The van der Waals surface area contributed by atoms with Crippen molar-refractivity contribution in [3.8, 4) is 11.5 Å². The predicted molar refractivity (Wildman–Crippen MR) is 98.8 cm³/mol. The number of amides is 2. The van der Waals surface area contributed by atoms with Gasteiger partial charge >= 0.3 is 0 Å². The zero-order valence-electron chi connectivity index (χ0n) is 14.3. The first-order valence-corrected chi connectivity index (χ1v) is 8.09. The number of carbonyl (C=O) groups excluding carboxylic acids is 2. The molecule has 0 aliphatic rings. The summed E-state index contributed by atoms with van der Waals surface area (Å²) in [7, 11) is 0. The van der Waals surface area contributed by atoms with Gasteiger partial charge in [-0.2, -0.15) is 0 Å². The van der Waals surface area contributed by atoms with E-state index in [4.69, 9.17) is 4.74 Å². The number of hydrogen-bond donors (Lipinski definition) is 1. The second-order valence-electron chi connectivity index (χ2n) is 5.42. The molecule has 2 aromatic carbocycles. The molecule has 25 heavy (non-hydrogen) atoms. The molecule has 0 bridgehead atoms. The monoisotopic (exact) mass is 338 g/mol. The molecule has 0 saturated heterocycles. The average molecular weight is 338 g/mol. The third kappa shape index (κ3) is 5.80. The van der Waals surface area contributed by atoms with Crippen LogP contribution in [0.1, 0.15) is 13.3 Å². The predicted octanol–water partition coefficient (Wildman–Crippen LogP) is 3.52. The van der Waals surface area contributed by atoms with Gasteiger partial charge < -0.3 is 15.0 Å². The van der Waals surface area contributed by atoms with E-state index in [9.17, 15) is 9.59 Å². The fourth-order valence-corrected chi connectivity index (χ4v) is 2.27. The SMILES string of the molecule is C=CCNC(=O)CCN(C(C)=O)c1ccc(Oc2ccccc2)cc1. The minimum atomic E-state index is -0.117. The van der Waals surface area contributed by atoms with Crippen molar-refractivity contribution in [1.82, 2.24) is 5.32 Å². The molecule has 2 aromatic rings. The Morgan fingerprint density at radius 1 is 1.08 bits per heavy atom. The highest BCUT2D eigenvalue weighted by molar-refractivity contribution is 5.92. The molecule has 5 nitrogen and oxygen atoms in total. The van der Waals surface area contributed by atoms with Crippen LogP contribution < -0.4 is 15.0 Å². The summed E-state index contributed by atoms with van der Waals surface area (Å²) < 4.78 is 5.74. The molecule has 0 unspecified atom stereocenters. The molecule has 130 valence electrons. The zero-order valence-corrected chi connectivity index (χ0v) is 14.3. The van der Waals surface area contributed by atoms with E-state index in [1.54, 1.807) is 35.2 Å². The van der Waals surface area contributed by atoms with Crippen molar-refractivity contribution in [3.05, 3.63) is 67.3 Å². The maximum atomic E-state index is 11.9. The Kier molecular flexibility index (Phi) is 6.77. The number of anilines is 1. The number of nitrogens with one attached hydrogen (secondary N) is 1. The summed E-state index contributed by atoms with van der Waals surface area (Å²) in [5.41, 5.74) is 0.726. The van der Waals surface area contributed by atoms with Gasteiger partial charge in [-0.05, 0) is 36.4 Å². The molecule has 2 rings (SSSR count). The lowest BCUT2D eigenvalue weighted by Crippen LogP contribution is -2.33. The summed E-state index contributed by atoms with van der Waals surface area (Å²) in [4.78, 5) is 25.2. The number of benzene rings is 2. The number of ether oxygens (including phenoxy) is 1. The third-order valence-corrected chi connectivity index (χ3v) is 3.51. The fourth-order valence-electron chi connectivity index (χ4n) is 2.27. The first kappa shape index (κ1) is 18.3. The van der Waals surface area contributed by atoms with Crippen LogP contribution in [0, 0.1) is 0 Å². The maximum absolute atomic E-state index is 11.9. The Morgan fingerprint density at radius 3 is 2.32 bits per heavy atom. The molecule has 5 heteroatoms. The lowest BCUT2D eigenvalue weighted by Gasteiger charge is -2.21. The maximum Gasteiger partial charge on any atom is 0.223 e. The zero-order chi connectivity index (χ0) is 18.1. The van der Waals surface area contributed by atoms with E-state index in [0.29, 0.717) is 18.8 Å². The quantitative estimate of drug-likeness (QED) is 0.749. The van der Waals surface area contributed by atoms with Gasteiger partial charge in [-0.15, -0.1) is 6.58 Å². The minimum Gasteiger partial charge on any atom is -0.457 e. The van der Waals surface area contributed by atoms with Crippen LogP contribution in [-0.4, -0.2) is 24.9 Å². The van der Waals surface area contributed by atoms with Gasteiger partial charge in [0, 0.05) is 32.1 Å². The molecule has 0 radical (unpaired) electrons. The van der Waals surface area contributed by atoms with Crippen molar-refractivity contribution in [2.45, 2.75) is 13.3 Å². The van der Waals surface area contributed by atoms with E-state index in [1.807, 2.05) is 30.3 Å². The normalized spacial score (nSPS) is 9.96. The van der Waals surface area contributed by atoms with Crippen molar-refractivity contribution < 1.29 is 14.3 Å². The van der Waals surface area contributed by atoms with Crippen LogP contribution in [0.3, 0.4) is 0 Å². The van der Waals surface area contributed by atoms with Crippen LogP contribution in [0.5, 0.6) is 11.5 Å². The van der Waals surface area contributed by atoms with E-state index < -0.39 is 0 Å². The molecule has 0 fully saturated rings. The van der Waals surface area contributed by atoms with Crippen molar-refractivity contribution in [1.29, 1.82) is 0 Å². The van der Waals surface area contributed by atoms with Crippen molar-refractivity contribution in [2.24, 2.45) is 0 Å². The van der Waals surface area contributed by atoms with Crippen LogP contribution >= 0.6 is 0 Å². The first-order valence-electron chi connectivity index (χ1n) is 8.09. The smallest absolute Gasteiger partial charge is 0.223 e. The lowest BCUT2D eigenvalue weighted by molar-refractivity contribution is -0.120. The van der Waals surface area contributed by atoms with E-state index >= 15 is 0 Å². The van der Waals surface area contributed by atoms with Gasteiger partial charge in [0.25, 0.3) is 0 Å². The number of hydrogen-bond acceptors (Lipinski definition) is 3. The molecule has 0 aliphatic carbocycles. The molecular weight excluding hydrogens is 316 g/mol. The molecule has 0 aromatic heterocycles. The topological polar surface area (TPSA) is 58.6 Å². The third-order valence-electron chi connectivity index (χ3n) is 3.51. The number of rotatable bonds is 8. The van der Waals surface area contributed by atoms with Crippen LogP contribution in [-0.2, 0) is 9.59 Å². The number of carbonyl (C=O) groups is 2. The van der Waals surface area contributed by atoms with Crippen molar-refractivity contribution >= 4 is 17.5 Å². The molecule has 0 spiro atoms. The number of para-hydroxylation sites is 1. The van der Waals surface area contributed by atoms with E-state index in [1.165, 1.54) is 6.92 Å². The van der Waals surface area contributed by atoms with Crippen LogP contribution in [0.25, 0.3) is 0 Å². The Hall–Kier alpha value is -3.08. The lowest BCUT2D eigenvalue weighted by atomic mass is 10.2. The van der Waals surface area contributed by atoms with E-state index in [2.05, 4.69) is 11.9 Å². The molecule has 1 N–H and O–H groups in total. The van der Waals surface area contributed by atoms with E-state index in [-0.39, 0.29) is 18.2 Å². The number of nitrogens with zero attached hydrogens (tertiary/aromatic N) is 1. The molecule has 0 atom stereocenters. The first-order chi connectivity index (χ1) is 12.1. The molecular formula is C20H22N2O3. The van der Waals surface area contributed by atoms with Gasteiger partial charge in [-0.25, -0.2) is 0 Å². The summed E-state index contributed by atoms with van der Waals surface area (Å²) in [6, 6.07) is 16.7. The highest BCUT2D eigenvalue weighted by atomic mass is 16.5. The van der Waals surface area contributed by atoms with Crippen LogP contribution in [0.15, 0.2) is 67.3 Å². The van der Waals surface area contributed by atoms with Gasteiger partial charge in [0.2, 0.25) is 11.8 Å². The highest BCUT2D eigenvalue weighted by Crippen LogP contribution is 2.24. The summed E-state index contributed by atoms with van der Waals surface area (Å²) in [5, 5.41) is 2.70. The van der Waals surface area contributed by atoms with Gasteiger partial charge in [-0.3, -0.25) is 9.59 Å². The second-order valence-corrected chi connectivity index (χ2v) is 5.42. The fraction of sp³-hybridized carbons (Fsp3) is 0.200. The Bertz CT molecular complexity index is 711. The summed E-state index contributed by atoms with van der Waals surface area (Å²) >= 11 is 0. The molecule has 0 heterocycles. The minimum absolute atomic E-state index is 0.116. The summed E-state index contributed by atoms with van der Waals surface area (Å²) in [6.45, 7) is 5.77. The van der Waals surface area contributed by atoms with Gasteiger partial charge in [0.15, 0.2) is 0 Å². The average Bonchev–Trinajstić information content (AvgIpc) is 2.62. The highest BCUT2D eigenvalue weighted by Gasteiger charge is 2.13. The van der Waals surface area contributed by atoms with Gasteiger partial charge in [0.05, 0.1) is 0 Å². The van der Waals surface area contributed by atoms with E-state index in [0.717, 1.165) is 11.4 Å². The van der Waals surface area contributed by atoms with Gasteiger partial charge in [-0.1, -0.05) is 24.3 Å². The largest absolute Gasteiger partial charge is 0.457 e.